The van der Waals surface area contributed by atoms with Gasteiger partial charge in [-0.1, -0.05) is 18.2 Å². The van der Waals surface area contributed by atoms with Gasteiger partial charge in [0.15, 0.2) is 0 Å². The number of nitrogens with zero attached hydrogens (tertiary/aromatic N) is 2. The highest BCUT2D eigenvalue weighted by molar-refractivity contribution is 5.27. The van der Waals surface area contributed by atoms with Crippen LogP contribution in [0.1, 0.15) is 37.4 Å². The lowest BCUT2D eigenvalue weighted by Crippen LogP contribution is -2.56. The number of halogens is 2. The summed E-state index contributed by atoms with van der Waals surface area (Å²) in [5, 5.41) is 0. The van der Waals surface area contributed by atoms with Gasteiger partial charge in [0.2, 0.25) is 0 Å². The first kappa shape index (κ1) is 16.3. The molecular formula is C16H25F2N3. The van der Waals surface area contributed by atoms with Crippen molar-refractivity contribution in [2.24, 2.45) is 5.73 Å². The van der Waals surface area contributed by atoms with Crippen LogP contribution in [0, 0.1) is 0 Å². The van der Waals surface area contributed by atoms with Crippen LogP contribution in [-0.2, 0) is 0 Å². The SMILES string of the molecule is CC1CN(C(CN)c2cccc(C(F)F)c2)CC(C)N1C. The highest BCUT2D eigenvalue weighted by atomic mass is 19.3. The number of hydrogen-bond acceptors (Lipinski definition) is 3. The van der Waals surface area contributed by atoms with Gasteiger partial charge in [-0.05, 0) is 32.5 Å². The van der Waals surface area contributed by atoms with Crippen molar-refractivity contribution in [2.75, 3.05) is 26.7 Å². The van der Waals surface area contributed by atoms with Crippen LogP contribution in [0.5, 0.6) is 0 Å². The summed E-state index contributed by atoms with van der Waals surface area (Å²) in [5.74, 6) is 0. The lowest BCUT2D eigenvalue weighted by atomic mass is 9.99. The number of rotatable bonds is 4. The van der Waals surface area contributed by atoms with Crippen LogP contribution in [-0.4, -0.2) is 48.6 Å². The third-order valence-electron chi connectivity index (χ3n) is 4.60. The van der Waals surface area contributed by atoms with Crippen molar-refractivity contribution in [2.45, 2.75) is 38.4 Å². The minimum absolute atomic E-state index is 0.00213. The topological polar surface area (TPSA) is 32.5 Å². The van der Waals surface area contributed by atoms with Crippen LogP contribution in [0.25, 0.3) is 0 Å². The molecule has 0 spiro atoms. The fraction of sp³-hybridized carbons (Fsp3) is 0.625. The van der Waals surface area contributed by atoms with E-state index in [-0.39, 0.29) is 11.6 Å². The van der Waals surface area contributed by atoms with E-state index in [4.69, 9.17) is 5.73 Å². The summed E-state index contributed by atoms with van der Waals surface area (Å²) in [5.41, 5.74) is 6.90. The molecule has 3 atom stereocenters. The second-order valence-electron chi connectivity index (χ2n) is 6.04. The Bertz CT molecular complexity index is 455. The number of alkyl halides is 2. The third kappa shape index (κ3) is 3.59. The van der Waals surface area contributed by atoms with Crippen molar-refractivity contribution in [3.8, 4) is 0 Å². The molecule has 0 saturated carbocycles. The number of benzene rings is 1. The zero-order chi connectivity index (χ0) is 15.6. The molecule has 2 rings (SSSR count). The Balaban J connectivity index is 2.21. The first-order chi connectivity index (χ1) is 9.93. The Morgan fingerprint density at radius 3 is 2.29 bits per heavy atom. The number of likely N-dealkylation sites (N-methyl/N-ethyl adjacent to an activating group) is 1. The van der Waals surface area contributed by atoms with E-state index in [1.165, 1.54) is 6.07 Å². The van der Waals surface area contributed by atoms with Crippen LogP contribution in [0.4, 0.5) is 8.78 Å². The number of nitrogens with two attached hydrogens (primary N) is 1. The number of hydrogen-bond donors (Lipinski definition) is 1. The summed E-state index contributed by atoms with van der Waals surface area (Å²) >= 11 is 0. The summed E-state index contributed by atoms with van der Waals surface area (Å²) < 4.78 is 25.8. The van der Waals surface area contributed by atoms with Gasteiger partial charge in [0.25, 0.3) is 6.43 Å². The van der Waals surface area contributed by atoms with E-state index in [1.54, 1.807) is 12.1 Å². The van der Waals surface area contributed by atoms with Gasteiger partial charge in [-0.3, -0.25) is 9.80 Å². The molecule has 21 heavy (non-hydrogen) atoms. The van der Waals surface area contributed by atoms with Gasteiger partial charge in [0.1, 0.15) is 0 Å². The van der Waals surface area contributed by atoms with Gasteiger partial charge in [-0.25, -0.2) is 8.78 Å². The van der Waals surface area contributed by atoms with E-state index in [2.05, 4.69) is 30.7 Å². The van der Waals surface area contributed by atoms with Crippen molar-refractivity contribution in [1.82, 2.24) is 9.80 Å². The monoisotopic (exact) mass is 297 g/mol. The van der Waals surface area contributed by atoms with Gasteiger partial charge < -0.3 is 5.73 Å². The minimum atomic E-state index is -2.44. The highest BCUT2D eigenvalue weighted by Gasteiger charge is 2.31. The van der Waals surface area contributed by atoms with Gasteiger partial charge in [0.05, 0.1) is 0 Å². The first-order valence-electron chi connectivity index (χ1n) is 7.48. The summed E-state index contributed by atoms with van der Waals surface area (Å²) in [7, 11) is 2.13. The fourth-order valence-electron chi connectivity index (χ4n) is 3.10. The molecule has 1 heterocycles. The smallest absolute Gasteiger partial charge is 0.263 e. The molecule has 118 valence electrons. The molecule has 1 aromatic rings. The maximum atomic E-state index is 12.9. The van der Waals surface area contributed by atoms with E-state index in [9.17, 15) is 8.78 Å². The maximum absolute atomic E-state index is 12.9. The molecule has 3 unspecified atom stereocenters. The molecule has 0 aliphatic carbocycles. The average molecular weight is 297 g/mol. The van der Waals surface area contributed by atoms with Crippen molar-refractivity contribution in [1.29, 1.82) is 0 Å². The maximum Gasteiger partial charge on any atom is 0.263 e. The predicted molar refractivity (Wildman–Crippen MR) is 81.5 cm³/mol. The van der Waals surface area contributed by atoms with E-state index in [0.717, 1.165) is 18.7 Å². The molecule has 1 fully saturated rings. The van der Waals surface area contributed by atoms with Gasteiger partial charge in [0, 0.05) is 43.3 Å². The third-order valence-corrected chi connectivity index (χ3v) is 4.60. The molecule has 0 amide bonds. The molecular weight excluding hydrogens is 272 g/mol. The zero-order valence-electron chi connectivity index (χ0n) is 13.0. The molecule has 1 aliphatic heterocycles. The molecule has 0 radical (unpaired) electrons. The Morgan fingerprint density at radius 1 is 1.19 bits per heavy atom. The zero-order valence-corrected chi connectivity index (χ0v) is 13.0. The van der Waals surface area contributed by atoms with Crippen molar-refractivity contribution in [3.05, 3.63) is 35.4 Å². The van der Waals surface area contributed by atoms with Gasteiger partial charge in [-0.15, -0.1) is 0 Å². The average Bonchev–Trinajstić information content (AvgIpc) is 2.45. The normalized spacial score (nSPS) is 26.2. The van der Waals surface area contributed by atoms with Crippen molar-refractivity contribution < 1.29 is 8.78 Å². The molecule has 1 aromatic carbocycles. The molecule has 2 N–H and O–H groups in total. The second kappa shape index (κ2) is 6.81. The highest BCUT2D eigenvalue weighted by Crippen LogP contribution is 2.28. The van der Waals surface area contributed by atoms with Gasteiger partial charge >= 0.3 is 0 Å². The molecule has 0 aromatic heterocycles. The van der Waals surface area contributed by atoms with Crippen LogP contribution in [0.2, 0.25) is 0 Å². The minimum Gasteiger partial charge on any atom is -0.329 e. The number of piperazine rings is 1. The lowest BCUT2D eigenvalue weighted by molar-refractivity contribution is 0.0351. The Hall–Kier alpha value is -1.04. The summed E-state index contributed by atoms with van der Waals surface area (Å²) in [4.78, 5) is 4.67. The summed E-state index contributed by atoms with van der Waals surface area (Å²) in [6, 6.07) is 7.52. The second-order valence-corrected chi connectivity index (χ2v) is 6.04. The summed E-state index contributed by atoms with van der Waals surface area (Å²) in [6.07, 6.45) is -2.44. The van der Waals surface area contributed by atoms with Gasteiger partial charge in [-0.2, -0.15) is 0 Å². The van der Waals surface area contributed by atoms with Crippen LogP contribution in [0.3, 0.4) is 0 Å². The quantitative estimate of drug-likeness (QED) is 0.927. The molecule has 5 heteroatoms. The lowest BCUT2D eigenvalue weighted by Gasteiger charge is -2.45. The largest absolute Gasteiger partial charge is 0.329 e. The van der Waals surface area contributed by atoms with Crippen molar-refractivity contribution in [3.63, 3.8) is 0 Å². The predicted octanol–water partition coefficient (Wildman–Crippen LogP) is 2.65. The summed E-state index contributed by atoms with van der Waals surface area (Å²) in [6.45, 7) is 6.62. The Kier molecular flexibility index (Phi) is 5.30. The van der Waals surface area contributed by atoms with E-state index in [1.807, 2.05) is 6.07 Å². The molecule has 0 bridgehead atoms. The standard InChI is InChI=1S/C16H25F2N3/c1-11-9-21(10-12(2)20(11)3)15(8-19)13-5-4-6-14(7-13)16(17)18/h4-7,11-12,15-16H,8-10,19H2,1-3H3. The van der Waals surface area contributed by atoms with Crippen LogP contribution >= 0.6 is 0 Å². The van der Waals surface area contributed by atoms with E-state index in [0.29, 0.717) is 18.6 Å². The van der Waals surface area contributed by atoms with E-state index < -0.39 is 6.43 Å². The Labute approximate surface area is 125 Å². The fourth-order valence-corrected chi connectivity index (χ4v) is 3.10. The molecule has 1 saturated heterocycles. The molecule has 1 aliphatic rings. The first-order valence-corrected chi connectivity index (χ1v) is 7.48. The van der Waals surface area contributed by atoms with Crippen LogP contribution in [0.15, 0.2) is 24.3 Å². The van der Waals surface area contributed by atoms with Crippen molar-refractivity contribution >= 4 is 0 Å². The van der Waals surface area contributed by atoms with E-state index >= 15 is 0 Å². The van der Waals surface area contributed by atoms with Crippen LogP contribution < -0.4 is 5.73 Å². The molecule has 3 nitrogen and oxygen atoms in total. The Morgan fingerprint density at radius 2 is 1.76 bits per heavy atom.